The van der Waals surface area contributed by atoms with Crippen molar-refractivity contribution in [1.82, 2.24) is 5.32 Å². The van der Waals surface area contributed by atoms with E-state index in [1.54, 1.807) is 14.2 Å². The minimum atomic E-state index is -0.0263. The van der Waals surface area contributed by atoms with Crippen LogP contribution in [-0.2, 0) is 6.54 Å². The Labute approximate surface area is 147 Å². The topological polar surface area (TPSA) is 56.8 Å². The van der Waals surface area contributed by atoms with Crippen LogP contribution < -0.4 is 19.5 Å². The second-order valence-electron chi connectivity index (χ2n) is 6.23. The molecule has 0 bridgehead atoms. The average molecular weight is 340 g/mol. The highest BCUT2D eigenvalue weighted by molar-refractivity contribution is 5.99. The zero-order valence-electron chi connectivity index (χ0n) is 14.9. The van der Waals surface area contributed by atoms with Crippen molar-refractivity contribution < 1.29 is 19.0 Å². The molecular formula is C20H22NO4. The van der Waals surface area contributed by atoms with E-state index < -0.39 is 0 Å². The van der Waals surface area contributed by atoms with Gasteiger partial charge in [-0.2, -0.15) is 0 Å². The molecule has 2 aromatic carbocycles. The Kier molecular flexibility index (Phi) is 4.83. The number of amides is 1. The summed E-state index contributed by atoms with van der Waals surface area (Å²) in [6.45, 7) is 5.06. The summed E-state index contributed by atoms with van der Waals surface area (Å²) in [5.74, 6) is 2.95. The standard InChI is InChI=1S/C20H22NO4/c1-12(2)11-25-18-15(7-8-17(23-3)19(18)24-4)13-5-6-16-14(9-13)10-21-20(16)22/h5-9H,10-11H2,1-4H3,(H,21,22). The number of ether oxygens (including phenoxy) is 3. The first-order chi connectivity index (χ1) is 12.0. The number of hydrogen-bond donors (Lipinski definition) is 1. The van der Waals surface area contributed by atoms with E-state index in [1.807, 2.05) is 44.2 Å². The summed E-state index contributed by atoms with van der Waals surface area (Å²) in [6.07, 6.45) is 0. The summed E-state index contributed by atoms with van der Waals surface area (Å²) in [7, 11) is 3.20. The number of carbonyl (C=O) groups excluding carboxylic acids is 1. The lowest BCUT2D eigenvalue weighted by Gasteiger charge is -2.19. The summed E-state index contributed by atoms with van der Waals surface area (Å²) < 4.78 is 17.0. The fourth-order valence-electron chi connectivity index (χ4n) is 2.89. The second kappa shape index (κ2) is 7.05. The second-order valence-corrected chi connectivity index (χ2v) is 6.23. The molecule has 131 valence electrons. The van der Waals surface area contributed by atoms with Gasteiger partial charge >= 0.3 is 0 Å². The maximum Gasteiger partial charge on any atom is 0.251 e. The van der Waals surface area contributed by atoms with E-state index in [0.29, 0.717) is 30.4 Å². The molecule has 0 atom stereocenters. The van der Waals surface area contributed by atoms with Gasteiger partial charge < -0.3 is 19.5 Å². The van der Waals surface area contributed by atoms with Gasteiger partial charge in [0.15, 0.2) is 11.5 Å². The predicted molar refractivity (Wildman–Crippen MR) is 96.2 cm³/mol. The highest BCUT2D eigenvalue weighted by atomic mass is 16.5. The number of carbonyl (C=O) groups is 1. The molecule has 5 heteroatoms. The first-order valence-electron chi connectivity index (χ1n) is 8.13. The molecule has 0 spiro atoms. The van der Waals surface area contributed by atoms with Crippen LogP contribution in [0.2, 0.25) is 0 Å². The molecule has 25 heavy (non-hydrogen) atoms. The van der Waals surface area contributed by atoms with E-state index in [2.05, 4.69) is 5.32 Å². The van der Waals surface area contributed by atoms with E-state index >= 15 is 0 Å². The Morgan fingerprint density at radius 3 is 2.48 bits per heavy atom. The molecule has 3 rings (SSSR count). The number of benzene rings is 2. The van der Waals surface area contributed by atoms with Crippen LogP contribution in [0.4, 0.5) is 0 Å². The molecule has 0 aliphatic carbocycles. The fraction of sp³-hybridized carbons (Fsp3) is 0.300. The van der Waals surface area contributed by atoms with E-state index in [0.717, 1.165) is 28.2 Å². The van der Waals surface area contributed by atoms with Crippen molar-refractivity contribution in [2.75, 3.05) is 20.8 Å². The van der Waals surface area contributed by atoms with Crippen LogP contribution in [-0.4, -0.2) is 26.7 Å². The molecule has 1 amide bonds. The molecule has 0 unspecified atom stereocenters. The van der Waals surface area contributed by atoms with Crippen molar-refractivity contribution in [2.24, 2.45) is 0 Å². The molecule has 0 aromatic heterocycles. The zero-order valence-corrected chi connectivity index (χ0v) is 14.9. The third-order valence-corrected chi connectivity index (χ3v) is 4.11. The first kappa shape index (κ1) is 17.1. The third-order valence-electron chi connectivity index (χ3n) is 4.11. The highest BCUT2D eigenvalue weighted by Crippen LogP contribution is 2.45. The lowest BCUT2D eigenvalue weighted by atomic mass is 9.99. The van der Waals surface area contributed by atoms with Gasteiger partial charge in [-0.3, -0.25) is 4.79 Å². The lowest BCUT2D eigenvalue weighted by molar-refractivity contribution is 0.0966. The van der Waals surface area contributed by atoms with Crippen LogP contribution in [0.15, 0.2) is 30.3 Å². The Morgan fingerprint density at radius 2 is 1.80 bits per heavy atom. The Balaban J connectivity index is 2.10. The van der Waals surface area contributed by atoms with Crippen LogP contribution >= 0.6 is 0 Å². The van der Waals surface area contributed by atoms with Gasteiger partial charge in [0.05, 0.1) is 20.8 Å². The monoisotopic (exact) mass is 340 g/mol. The molecule has 0 fully saturated rings. The minimum absolute atomic E-state index is 0.0263. The van der Waals surface area contributed by atoms with E-state index in [-0.39, 0.29) is 5.91 Å². The number of rotatable bonds is 6. The number of hydrogen-bond acceptors (Lipinski definition) is 4. The lowest BCUT2D eigenvalue weighted by Crippen LogP contribution is -2.12. The molecule has 1 radical (unpaired) electrons. The van der Waals surface area contributed by atoms with E-state index in [1.165, 1.54) is 0 Å². The van der Waals surface area contributed by atoms with Crippen molar-refractivity contribution in [1.29, 1.82) is 0 Å². The van der Waals surface area contributed by atoms with Crippen molar-refractivity contribution in [3.8, 4) is 28.4 Å². The van der Waals surface area contributed by atoms with Gasteiger partial charge in [0.1, 0.15) is 0 Å². The van der Waals surface area contributed by atoms with Gasteiger partial charge in [0, 0.05) is 23.6 Å². The number of nitrogens with one attached hydrogen (secondary N) is 1. The number of methoxy groups -OCH3 is 2. The summed E-state index contributed by atoms with van der Waals surface area (Å²) in [5, 5.41) is 2.84. The summed E-state index contributed by atoms with van der Waals surface area (Å²) >= 11 is 0. The van der Waals surface area contributed by atoms with Crippen LogP contribution in [0.1, 0.15) is 29.8 Å². The smallest absolute Gasteiger partial charge is 0.251 e. The van der Waals surface area contributed by atoms with Gasteiger partial charge in [-0.15, -0.1) is 0 Å². The molecule has 1 aliphatic rings. The molecule has 0 saturated carbocycles. The van der Waals surface area contributed by atoms with Gasteiger partial charge in [-0.05, 0) is 35.4 Å². The van der Waals surface area contributed by atoms with Gasteiger partial charge in [-0.25, -0.2) is 0 Å². The maximum atomic E-state index is 11.8. The molecule has 1 N–H and O–H groups in total. The van der Waals surface area contributed by atoms with Crippen molar-refractivity contribution in [3.05, 3.63) is 47.4 Å². The normalized spacial score (nSPS) is 12.8. The predicted octanol–water partition coefficient (Wildman–Crippen LogP) is 3.61. The summed E-state index contributed by atoms with van der Waals surface area (Å²) in [5.41, 5.74) is 3.59. The molecule has 2 aromatic rings. The largest absolute Gasteiger partial charge is 0.493 e. The first-order valence-corrected chi connectivity index (χ1v) is 8.13. The molecule has 0 saturated heterocycles. The Hall–Kier alpha value is -2.69. The summed E-state index contributed by atoms with van der Waals surface area (Å²) in [4.78, 5) is 11.8. The third kappa shape index (κ3) is 3.27. The van der Waals surface area contributed by atoms with Crippen LogP contribution in [0.25, 0.3) is 11.1 Å². The molecule has 1 heterocycles. The van der Waals surface area contributed by atoms with Gasteiger partial charge in [0.2, 0.25) is 5.75 Å². The van der Waals surface area contributed by atoms with Crippen LogP contribution in [0.3, 0.4) is 0 Å². The van der Waals surface area contributed by atoms with Crippen molar-refractivity contribution >= 4 is 5.91 Å². The van der Waals surface area contributed by atoms with Crippen molar-refractivity contribution in [2.45, 2.75) is 20.4 Å². The van der Waals surface area contributed by atoms with Crippen LogP contribution in [0, 0.1) is 5.92 Å². The Bertz CT molecular complexity index is 799. The quantitative estimate of drug-likeness (QED) is 0.873. The van der Waals surface area contributed by atoms with Crippen LogP contribution in [0.5, 0.6) is 17.2 Å². The molecule has 5 nitrogen and oxygen atoms in total. The number of fused-ring (bicyclic) bond motifs is 1. The average Bonchev–Trinajstić information content (AvgIpc) is 2.99. The molecule has 1 aliphatic heterocycles. The SMILES string of the molecule is COc1ccc(-c2ccc3c(c2)CNC3=O)c(OC[C](C)C)c1OC. The maximum absolute atomic E-state index is 11.8. The fourth-order valence-corrected chi connectivity index (χ4v) is 2.89. The Morgan fingerprint density at radius 1 is 1.04 bits per heavy atom. The van der Waals surface area contributed by atoms with Crippen molar-refractivity contribution in [3.63, 3.8) is 0 Å². The minimum Gasteiger partial charge on any atom is -0.493 e. The highest BCUT2D eigenvalue weighted by Gasteiger charge is 2.22. The molecular weight excluding hydrogens is 318 g/mol. The van der Waals surface area contributed by atoms with E-state index in [4.69, 9.17) is 14.2 Å². The van der Waals surface area contributed by atoms with Gasteiger partial charge in [0.25, 0.3) is 5.91 Å². The van der Waals surface area contributed by atoms with Gasteiger partial charge in [-0.1, -0.05) is 19.9 Å². The van der Waals surface area contributed by atoms with E-state index in [9.17, 15) is 4.79 Å². The summed E-state index contributed by atoms with van der Waals surface area (Å²) in [6, 6.07) is 9.61. The zero-order chi connectivity index (χ0) is 18.0.